The summed E-state index contributed by atoms with van der Waals surface area (Å²) in [6, 6.07) is 0. The lowest BCUT2D eigenvalue weighted by atomic mass is 10.0. The fraction of sp³-hybridized carbons (Fsp3) is 0.816. The van der Waals surface area contributed by atoms with E-state index in [-0.39, 0.29) is 12.6 Å². The minimum Gasteiger partial charge on any atom is -0.457 e. The van der Waals surface area contributed by atoms with E-state index < -0.39 is 6.10 Å². The summed E-state index contributed by atoms with van der Waals surface area (Å²) in [5.41, 5.74) is 0. The lowest BCUT2D eigenvalue weighted by molar-refractivity contribution is -0.154. The van der Waals surface area contributed by atoms with Crippen LogP contribution in [-0.2, 0) is 14.3 Å². The molecule has 4 heteroatoms. The van der Waals surface area contributed by atoms with Crippen LogP contribution < -0.4 is 0 Å². The maximum Gasteiger partial charge on any atom is 0.306 e. The number of allylic oxidation sites excluding steroid dienone is 8. The minimum absolute atomic E-state index is 0.172. The smallest absolute Gasteiger partial charge is 0.306 e. The zero-order valence-electron chi connectivity index (χ0n) is 35.5. The third-order valence-electron chi connectivity index (χ3n) is 10.2. The molecule has 1 unspecified atom stereocenters. The molecule has 0 radical (unpaired) electrons. The Bertz CT molecular complexity index is 828. The second-order valence-electron chi connectivity index (χ2n) is 15.5. The lowest BCUT2D eigenvalue weighted by Gasteiger charge is -2.16. The number of ether oxygens (including phenoxy) is 2. The van der Waals surface area contributed by atoms with E-state index in [1.54, 1.807) is 0 Å². The number of carbonyl (C=O) groups is 1. The lowest BCUT2D eigenvalue weighted by Crippen LogP contribution is -2.27. The van der Waals surface area contributed by atoms with Crippen molar-refractivity contribution in [3.8, 4) is 0 Å². The quantitative estimate of drug-likeness (QED) is 0.0384. The third kappa shape index (κ3) is 44.6. The van der Waals surface area contributed by atoms with Gasteiger partial charge in [0.15, 0.2) is 0 Å². The van der Waals surface area contributed by atoms with Gasteiger partial charge in [0.2, 0.25) is 0 Å². The van der Waals surface area contributed by atoms with Crippen LogP contribution in [0.4, 0.5) is 0 Å². The van der Waals surface area contributed by atoms with Gasteiger partial charge in [0.25, 0.3) is 0 Å². The van der Waals surface area contributed by atoms with Crippen LogP contribution >= 0.6 is 0 Å². The van der Waals surface area contributed by atoms with E-state index >= 15 is 0 Å². The SMILES string of the molecule is CC/C=C\C/C=C\C/C=C\C/C=C\CCCCCCCCCCCOCC(CO)OC(=O)CCCCCCCCCCCCCCCCCCCCC. The van der Waals surface area contributed by atoms with Crippen LogP contribution in [0.5, 0.6) is 0 Å². The van der Waals surface area contributed by atoms with Crippen LogP contribution in [0.3, 0.4) is 0 Å². The number of aliphatic hydroxyl groups is 1. The predicted molar refractivity (Wildman–Crippen MR) is 233 cm³/mol. The van der Waals surface area contributed by atoms with E-state index in [1.165, 1.54) is 167 Å². The molecular formula is C49H90O4. The fourth-order valence-electron chi connectivity index (χ4n) is 6.73. The van der Waals surface area contributed by atoms with Gasteiger partial charge in [-0.25, -0.2) is 0 Å². The molecule has 0 aliphatic heterocycles. The van der Waals surface area contributed by atoms with Gasteiger partial charge in [0.1, 0.15) is 6.10 Å². The van der Waals surface area contributed by atoms with Gasteiger partial charge in [0, 0.05) is 13.0 Å². The van der Waals surface area contributed by atoms with Crippen molar-refractivity contribution in [1.82, 2.24) is 0 Å². The molecule has 0 aromatic carbocycles. The van der Waals surface area contributed by atoms with Gasteiger partial charge in [0.05, 0.1) is 13.2 Å². The second-order valence-corrected chi connectivity index (χ2v) is 15.5. The van der Waals surface area contributed by atoms with Gasteiger partial charge in [-0.3, -0.25) is 4.79 Å². The summed E-state index contributed by atoms with van der Waals surface area (Å²) in [5.74, 6) is -0.200. The zero-order valence-corrected chi connectivity index (χ0v) is 35.5. The first-order chi connectivity index (χ1) is 26.2. The van der Waals surface area contributed by atoms with E-state index in [4.69, 9.17) is 9.47 Å². The third-order valence-corrected chi connectivity index (χ3v) is 10.2. The zero-order chi connectivity index (χ0) is 38.4. The monoisotopic (exact) mass is 743 g/mol. The van der Waals surface area contributed by atoms with E-state index in [0.29, 0.717) is 19.6 Å². The summed E-state index contributed by atoms with van der Waals surface area (Å²) in [7, 11) is 0. The second kappa shape index (κ2) is 46.5. The summed E-state index contributed by atoms with van der Waals surface area (Å²) in [6.07, 6.45) is 60.4. The number of aliphatic hydroxyl groups excluding tert-OH is 1. The number of hydrogen-bond acceptors (Lipinski definition) is 4. The van der Waals surface area contributed by atoms with Crippen molar-refractivity contribution < 1.29 is 19.4 Å². The molecule has 310 valence electrons. The normalized spacial score (nSPS) is 12.7. The topological polar surface area (TPSA) is 55.8 Å². The first kappa shape index (κ1) is 51.4. The highest BCUT2D eigenvalue weighted by Crippen LogP contribution is 2.16. The molecule has 1 atom stereocenters. The van der Waals surface area contributed by atoms with Gasteiger partial charge in [-0.2, -0.15) is 0 Å². The van der Waals surface area contributed by atoms with E-state index in [0.717, 1.165) is 44.9 Å². The van der Waals surface area contributed by atoms with E-state index in [1.807, 2.05) is 0 Å². The van der Waals surface area contributed by atoms with Crippen LogP contribution in [0.2, 0.25) is 0 Å². The van der Waals surface area contributed by atoms with Gasteiger partial charge in [-0.15, -0.1) is 0 Å². The van der Waals surface area contributed by atoms with Crippen LogP contribution in [-0.4, -0.2) is 37.0 Å². The number of carbonyl (C=O) groups excluding carboxylic acids is 1. The molecule has 4 nitrogen and oxygen atoms in total. The van der Waals surface area contributed by atoms with Crippen molar-refractivity contribution in [3.63, 3.8) is 0 Å². The highest BCUT2D eigenvalue weighted by atomic mass is 16.6. The van der Waals surface area contributed by atoms with Crippen LogP contribution in [0.15, 0.2) is 48.6 Å². The Morgan fingerprint density at radius 3 is 1.28 bits per heavy atom. The minimum atomic E-state index is -0.536. The van der Waals surface area contributed by atoms with Crippen LogP contribution in [0.1, 0.15) is 232 Å². The van der Waals surface area contributed by atoms with Gasteiger partial charge in [-0.05, 0) is 51.4 Å². The van der Waals surface area contributed by atoms with Crippen molar-refractivity contribution in [2.75, 3.05) is 19.8 Å². The molecule has 0 saturated carbocycles. The van der Waals surface area contributed by atoms with Crippen LogP contribution in [0.25, 0.3) is 0 Å². The summed E-state index contributed by atoms with van der Waals surface area (Å²) < 4.78 is 11.2. The van der Waals surface area contributed by atoms with Crippen molar-refractivity contribution in [3.05, 3.63) is 48.6 Å². The average molecular weight is 743 g/mol. The molecular weight excluding hydrogens is 653 g/mol. The Kier molecular flexibility index (Phi) is 45.1. The van der Waals surface area contributed by atoms with Gasteiger partial charge < -0.3 is 14.6 Å². The molecule has 0 aromatic heterocycles. The van der Waals surface area contributed by atoms with Crippen molar-refractivity contribution in [2.45, 2.75) is 238 Å². The van der Waals surface area contributed by atoms with Crippen molar-refractivity contribution >= 4 is 5.97 Å². The average Bonchev–Trinajstić information content (AvgIpc) is 3.16. The molecule has 53 heavy (non-hydrogen) atoms. The van der Waals surface area contributed by atoms with E-state index in [9.17, 15) is 9.90 Å². The Labute approximate surface area is 331 Å². The number of unbranched alkanes of at least 4 members (excludes halogenated alkanes) is 27. The molecule has 0 aliphatic rings. The van der Waals surface area contributed by atoms with Crippen molar-refractivity contribution in [2.24, 2.45) is 0 Å². The standard InChI is InChI=1S/C49H90O4/c1-3-5-7-9-11-13-15-17-19-21-23-24-25-27-29-31-33-35-37-39-41-43-45-52-47-48(46-50)53-49(51)44-42-40-38-36-34-32-30-28-26-22-20-18-16-14-12-10-8-6-4-2/h5,7,11,13,17,19,23-24,48,50H,3-4,6,8-10,12,14-16,18,20-22,25-47H2,1-2H3/b7-5-,13-11-,19-17-,24-23-. The Morgan fingerprint density at radius 1 is 0.472 bits per heavy atom. The van der Waals surface area contributed by atoms with E-state index in [2.05, 4.69) is 62.5 Å². The molecule has 0 fully saturated rings. The summed E-state index contributed by atoms with van der Waals surface area (Å²) in [5, 5.41) is 9.63. The first-order valence-corrected chi connectivity index (χ1v) is 23.2. The predicted octanol–water partition coefficient (Wildman–Crippen LogP) is 15.4. The molecule has 0 rings (SSSR count). The molecule has 0 saturated heterocycles. The maximum absolute atomic E-state index is 12.2. The fourth-order valence-corrected chi connectivity index (χ4v) is 6.73. The summed E-state index contributed by atoms with van der Waals surface area (Å²) >= 11 is 0. The highest BCUT2D eigenvalue weighted by molar-refractivity contribution is 5.69. The van der Waals surface area contributed by atoms with Crippen molar-refractivity contribution in [1.29, 1.82) is 0 Å². The van der Waals surface area contributed by atoms with Gasteiger partial charge in [-0.1, -0.05) is 223 Å². The molecule has 1 N–H and O–H groups in total. The molecule has 0 bridgehead atoms. The molecule has 0 amide bonds. The maximum atomic E-state index is 12.2. The van der Waals surface area contributed by atoms with Crippen LogP contribution in [0, 0.1) is 0 Å². The highest BCUT2D eigenvalue weighted by Gasteiger charge is 2.13. The number of hydrogen-bond donors (Lipinski definition) is 1. The largest absolute Gasteiger partial charge is 0.457 e. The summed E-state index contributed by atoms with van der Waals surface area (Å²) in [4.78, 5) is 12.2. The molecule has 0 heterocycles. The summed E-state index contributed by atoms with van der Waals surface area (Å²) in [6.45, 7) is 5.25. The first-order valence-electron chi connectivity index (χ1n) is 23.2. The molecule has 0 aromatic rings. The molecule has 0 spiro atoms. The Balaban J connectivity index is 3.41. The Hall–Kier alpha value is -1.65. The number of rotatable bonds is 43. The molecule has 0 aliphatic carbocycles. The Morgan fingerprint density at radius 2 is 0.849 bits per heavy atom. The van der Waals surface area contributed by atoms with Gasteiger partial charge >= 0.3 is 5.97 Å². The number of esters is 1.